The van der Waals surface area contributed by atoms with Crippen LogP contribution in [0.3, 0.4) is 0 Å². The Labute approximate surface area is 162 Å². The number of hydrogen-bond donors (Lipinski definition) is 2. The lowest BCUT2D eigenvalue weighted by atomic mass is 10.0. The van der Waals surface area contributed by atoms with Gasteiger partial charge in [-0.1, -0.05) is 53.6 Å². The highest BCUT2D eigenvalue weighted by Gasteiger charge is 2.14. The van der Waals surface area contributed by atoms with Crippen LogP contribution in [0.4, 0.5) is 10.6 Å². The third kappa shape index (κ3) is 4.51. The minimum atomic E-state index is -0.671. The molecule has 0 aliphatic rings. The Hall–Kier alpha value is -3.18. The van der Waals surface area contributed by atoms with E-state index in [4.69, 9.17) is 11.6 Å². The lowest BCUT2D eigenvalue weighted by Crippen LogP contribution is -2.34. The van der Waals surface area contributed by atoms with Gasteiger partial charge < -0.3 is 0 Å². The van der Waals surface area contributed by atoms with Crippen LogP contribution in [0.5, 0.6) is 0 Å². The van der Waals surface area contributed by atoms with Crippen LogP contribution in [0.25, 0.3) is 11.1 Å². The summed E-state index contributed by atoms with van der Waals surface area (Å²) < 4.78 is 0. The first-order valence-electron chi connectivity index (χ1n) is 8.34. The van der Waals surface area contributed by atoms with Crippen molar-refractivity contribution in [3.05, 3.63) is 82.5 Å². The number of hydrogen-bond acceptors (Lipinski definition) is 3. The molecule has 0 saturated carbocycles. The molecule has 3 rings (SSSR count). The van der Waals surface area contributed by atoms with Gasteiger partial charge in [-0.3, -0.25) is 15.4 Å². The monoisotopic (exact) mass is 379 g/mol. The number of carbonyl (C=O) groups is 2. The summed E-state index contributed by atoms with van der Waals surface area (Å²) in [6, 6.07) is 15.7. The molecule has 0 saturated heterocycles. The molecule has 136 valence electrons. The molecular weight excluding hydrogens is 362 g/mol. The van der Waals surface area contributed by atoms with Crippen molar-refractivity contribution in [2.45, 2.75) is 13.8 Å². The highest BCUT2D eigenvalue weighted by Crippen LogP contribution is 2.24. The van der Waals surface area contributed by atoms with Crippen molar-refractivity contribution in [1.29, 1.82) is 0 Å². The Morgan fingerprint density at radius 3 is 2.37 bits per heavy atom. The van der Waals surface area contributed by atoms with Crippen LogP contribution >= 0.6 is 11.6 Å². The molecule has 27 heavy (non-hydrogen) atoms. The van der Waals surface area contributed by atoms with E-state index >= 15 is 0 Å². The van der Waals surface area contributed by atoms with E-state index in [0.29, 0.717) is 5.82 Å². The van der Waals surface area contributed by atoms with Crippen LogP contribution in [0.15, 0.2) is 60.8 Å². The molecule has 0 fully saturated rings. The topological polar surface area (TPSA) is 71.1 Å². The standard InChI is InChI=1S/C21H18ClN3O2/c1-13-7-9-15(10-8-13)17-12-23-19(11-14(17)2)24-21(27)25-20(26)16-5-3-4-6-18(16)22/h3-12H,1-2H3,(H2,23,24,25,26,27). The van der Waals surface area contributed by atoms with E-state index in [1.165, 1.54) is 5.56 Å². The van der Waals surface area contributed by atoms with Gasteiger partial charge in [-0.05, 0) is 43.2 Å². The molecule has 0 unspecified atom stereocenters. The number of carbonyl (C=O) groups excluding carboxylic acids is 2. The third-order valence-corrected chi connectivity index (χ3v) is 4.39. The summed E-state index contributed by atoms with van der Waals surface area (Å²) >= 11 is 5.96. The largest absolute Gasteiger partial charge is 0.327 e. The zero-order valence-electron chi connectivity index (χ0n) is 14.9. The first-order valence-corrected chi connectivity index (χ1v) is 8.72. The fourth-order valence-electron chi connectivity index (χ4n) is 2.62. The van der Waals surface area contributed by atoms with Crippen LogP contribution in [0.1, 0.15) is 21.5 Å². The number of pyridine rings is 1. The molecule has 3 amide bonds. The van der Waals surface area contributed by atoms with Gasteiger partial charge in [0.2, 0.25) is 0 Å². The fourth-order valence-corrected chi connectivity index (χ4v) is 2.84. The van der Waals surface area contributed by atoms with Crippen molar-refractivity contribution >= 4 is 29.4 Å². The van der Waals surface area contributed by atoms with Gasteiger partial charge in [0.1, 0.15) is 5.82 Å². The maximum absolute atomic E-state index is 12.1. The van der Waals surface area contributed by atoms with Crippen molar-refractivity contribution in [3.8, 4) is 11.1 Å². The fraction of sp³-hybridized carbons (Fsp3) is 0.0952. The summed E-state index contributed by atoms with van der Waals surface area (Å²) in [6.45, 7) is 3.97. The summed E-state index contributed by atoms with van der Waals surface area (Å²) in [5, 5.41) is 5.09. The summed E-state index contributed by atoms with van der Waals surface area (Å²) in [7, 11) is 0. The van der Waals surface area contributed by atoms with Crippen LogP contribution in [0, 0.1) is 13.8 Å². The van der Waals surface area contributed by atoms with E-state index < -0.39 is 11.9 Å². The molecular formula is C21H18ClN3O2. The second kappa shape index (κ2) is 8.01. The van der Waals surface area contributed by atoms with E-state index in [1.54, 1.807) is 36.5 Å². The second-order valence-electron chi connectivity index (χ2n) is 6.14. The molecule has 0 spiro atoms. The average Bonchev–Trinajstić information content (AvgIpc) is 2.63. The van der Waals surface area contributed by atoms with Gasteiger partial charge in [-0.2, -0.15) is 0 Å². The maximum atomic E-state index is 12.1. The molecule has 3 aromatic rings. The Bertz CT molecular complexity index is 1000. The van der Waals surface area contributed by atoms with E-state index in [2.05, 4.69) is 15.6 Å². The van der Waals surface area contributed by atoms with Crippen molar-refractivity contribution in [1.82, 2.24) is 10.3 Å². The Morgan fingerprint density at radius 2 is 1.70 bits per heavy atom. The first kappa shape index (κ1) is 18.6. The summed E-state index contributed by atoms with van der Waals surface area (Å²) in [6.07, 6.45) is 1.70. The number of amides is 3. The van der Waals surface area contributed by atoms with Crippen LogP contribution in [-0.4, -0.2) is 16.9 Å². The number of anilines is 1. The normalized spacial score (nSPS) is 10.3. The van der Waals surface area contributed by atoms with E-state index in [0.717, 1.165) is 16.7 Å². The molecule has 1 aromatic heterocycles. The van der Waals surface area contributed by atoms with Gasteiger partial charge in [0.05, 0.1) is 10.6 Å². The predicted octanol–water partition coefficient (Wildman–Crippen LogP) is 4.98. The third-order valence-electron chi connectivity index (χ3n) is 4.06. The van der Waals surface area contributed by atoms with Gasteiger partial charge in [-0.25, -0.2) is 9.78 Å². The number of nitrogens with one attached hydrogen (secondary N) is 2. The molecule has 2 N–H and O–H groups in total. The number of urea groups is 1. The lowest BCUT2D eigenvalue weighted by molar-refractivity contribution is 0.0967. The van der Waals surface area contributed by atoms with Crippen LogP contribution in [-0.2, 0) is 0 Å². The smallest absolute Gasteiger partial charge is 0.292 e. The van der Waals surface area contributed by atoms with Crippen molar-refractivity contribution in [2.24, 2.45) is 0 Å². The number of nitrogens with zero attached hydrogens (tertiary/aromatic N) is 1. The van der Waals surface area contributed by atoms with Gasteiger partial charge >= 0.3 is 6.03 Å². The van der Waals surface area contributed by atoms with Crippen molar-refractivity contribution in [3.63, 3.8) is 0 Å². The zero-order valence-corrected chi connectivity index (χ0v) is 15.7. The van der Waals surface area contributed by atoms with Gasteiger partial charge in [0, 0.05) is 11.8 Å². The summed E-state index contributed by atoms with van der Waals surface area (Å²) in [5.41, 5.74) is 4.40. The quantitative estimate of drug-likeness (QED) is 0.674. The average molecular weight is 380 g/mol. The summed E-state index contributed by atoms with van der Waals surface area (Å²) in [4.78, 5) is 28.5. The molecule has 0 radical (unpaired) electrons. The van der Waals surface area contributed by atoms with Gasteiger partial charge in [0.25, 0.3) is 5.91 Å². The number of benzene rings is 2. The van der Waals surface area contributed by atoms with E-state index in [1.807, 2.05) is 38.1 Å². The number of imide groups is 1. The number of aryl methyl sites for hydroxylation is 2. The van der Waals surface area contributed by atoms with Crippen molar-refractivity contribution < 1.29 is 9.59 Å². The first-order chi connectivity index (χ1) is 12.9. The molecule has 0 atom stereocenters. The minimum Gasteiger partial charge on any atom is -0.292 e. The van der Waals surface area contributed by atoms with E-state index in [9.17, 15) is 9.59 Å². The van der Waals surface area contributed by atoms with Crippen molar-refractivity contribution in [2.75, 3.05) is 5.32 Å². The molecule has 1 heterocycles. The van der Waals surface area contributed by atoms with Gasteiger partial charge in [-0.15, -0.1) is 0 Å². The van der Waals surface area contributed by atoms with Gasteiger partial charge in [0.15, 0.2) is 0 Å². The molecule has 0 aliphatic carbocycles. The Morgan fingerprint density at radius 1 is 1.00 bits per heavy atom. The number of aromatic nitrogens is 1. The summed E-state index contributed by atoms with van der Waals surface area (Å²) in [5.74, 6) is -0.223. The molecule has 5 nitrogen and oxygen atoms in total. The molecule has 2 aromatic carbocycles. The lowest BCUT2D eigenvalue weighted by Gasteiger charge is -2.10. The molecule has 0 aliphatic heterocycles. The molecule has 6 heteroatoms. The second-order valence-corrected chi connectivity index (χ2v) is 6.55. The molecule has 0 bridgehead atoms. The predicted molar refractivity (Wildman–Crippen MR) is 107 cm³/mol. The van der Waals surface area contributed by atoms with Crippen LogP contribution < -0.4 is 10.6 Å². The highest BCUT2D eigenvalue weighted by molar-refractivity contribution is 6.34. The number of halogens is 1. The number of rotatable bonds is 3. The highest BCUT2D eigenvalue weighted by atomic mass is 35.5. The Balaban J connectivity index is 1.69. The SMILES string of the molecule is Cc1ccc(-c2cnc(NC(=O)NC(=O)c3ccccc3Cl)cc2C)cc1. The van der Waals surface area contributed by atoms with Crippen LogP contribution in [0.2, 0.25) is 5.02 Å². The maximum Gasteiger partial charge on any atom is 0.327 e. The zero-order chi connectivity index (χ0) is 19.4. The Kier molecular flexibility index (Phi) is 5.52. The van der Waals surface area contributed by atoms with E-state index in [-0.39, 0.29) is 10.6 Å². The minimum absolute atomic E-state index is 0.230.